The van der Waals surface area contributed by atoms with Crippen molar-refractivity contribution in [1.29, 1.82) is 0 Å². The van der Waals surface area contributed by atoms with Gasteiger partial charge < -0.3 is 40.2 Å². The van der Waals surface area contributed by atoms with E-state index in [0.29, 0.717) is 0 Å². The fourth-order valence-electron chi connectivity index (χ4n) is 0. The predicted molar refractivity (Wildman–Crippen MR) is 53.9 cm³/mol. The first-order valence-electron chi connectivity index (χ1n) is 4.11. The summed E-state index contributed by atoms with van der Waals surface area (Å²) in [7, 11) is 0. The summed E-state index contributed by atoms with van der Waals surface area (Å²) in [5, 5.41) is 49.6. The van der Waals surface area contributed by atoms with Gasteiger partial charge in [-0.15, -0.1) is 0 Å². The topological polar surface area (TPSA) is 184 Å². The molecule has 0 aliphatic heterocycles. The average molecular weight is 294 g/mol. The van der Waals surface area contributed by atoms with E-state index in [1.54, 1.807) is 0 Å². The van der Waals surface area contributed by atoms with E-state index in [0.717, 1.165) is 0 Å². The molecule has 0 spiro atoms. The van der Waals surface area contributed by atoms with Crippen LogP contribution in [0.5, 0.6) is 0 Å². The summed E-state index contributed by atoms with van der Waals surface area (Å²) in [5.41, 5.74) is 0. The van der Waals surface area contributed by atoms with Gasteiger partial charge >= 0.3 is 63.1 Å². The van der Waals surface area contributed by atoms with Gasteiger partial charge in [-0.25, -0.2) is 4.79 Å². The van der Waals surface area contributed by atoms with Gasteiger partial charge in [0.15, 0.2) is 0 Å². The average Bonchev–Trinajstić information content (AvgIpc) is 2.00. The van der Waals surface area contributed by atoms with Crippen LogP contribution in [0.25, 0.3) is 0 Å². The number of carbonyl (C=O) groups excluding carboxylic acids is 2. The molecule has 0 amide bonds. The van der Waals surface area contributed by atoms with Gasteiger partial charge in [0.1, 0.15) is 0 Å². The van der Waals surface area contributed by atoms with Gasteiger partial charge in [0.2, 0.25) is 0 Å². The molecule has 0 aliphatic rings. The summed E-state index contributed by atoms with van der Waals surface area (Å²) >= 11 is 5.16. The minimum absolute atomic E-state index is 1.17. The molecule has 0 unspecified atom stereocenters. The molecule has 100 valence electrons. The molecule has 18 heavy (non-hydrogen) atoms. The molecule has 0 aromatic rings. The van der Waals surface area contributed by atoms with E-state index in [-0.39, 0.29) is 0 Å². The van der Waals surface area contributed by atoms with Gasteiger partial charge in [0.25, 0.3) is 0 Å². The van der Waals surface area contributed by atoms with Crippen LogP contribution in [0.1, 0.15) is 13.8 Å². The molecule has 0 saturated heterocycles. The van der Waals surface area contributed by atoms with Gasteiger partial charge in [-0.05, 0) is 12.3 Å². The zero-order chi connectivity index (χ0) is 16.1. The molecule has 11 heteroatoms. The van der Waals surface area contributed by atoms with E-state index in [1.165, 1.54) is 10.6 Å². The van der Waals surface area contributed by atoms with Crippen LogP contribution in [0.15, 0.2) is 0 Å². The number of carbonyl (C=O) groups is 3. The van der Waals surface area contributed by atoms with E-state index in [2.05, 4.69) is 46.4 Å². The fourth-order valence-corrected chi connectivity index (χ4v) is 0. The zero-order valence-corrected chi connectivity index (χ0v) is 12.1. The largest absolute Gasteiger partial charge is 0.652 e. The minimum atomic E-state index is -2.33. The third-order valence-electron chi connectivity index (χ3n) is 0. The Bertz CT molecular complexity index is 143. The van der Waals surface area contributed by atoms with E-state index >= 15 is 0 Å². The standard InChI is InChI=1S/2C2H5.3CH2O3.2Al/c2*1-2;3*2-1(3)4;;/h2*1H2,2H3;3*(H2,2,3,4);;/q;;;;;2*+2/p-4. The van der Waals surface area contributed by atoms with Gasteiger partial charge in [-0.2, -0.15) is 0 Å². The normalized spacial score (nSPS) is 6.11. The van der Waals surface area contributed by atoms with Crippen LogP contribution in [-0.4, -0.2) is 61.3 Å². The van der Waals surface area contributed by atoms with Crippen LogP contribution in [0, 0.1) is 0 Å². The first-order valence-corrected chi connectivity index (χ1v) is 5.74. The van der Waals surface area contributed by atoms with Crippen LogP contribution in [0.3, 0.4) is 0 Å². The van der Waals surface area contributed by atoms with E-state index in [9.17, 15) is 0 Å². The summed E-state index contributed by atoms with van der Waals surface area (Å²) in [6, 6.07) is 0. The molecule has 2 N–H and O–H groups in total. The molecule has 0 aromatic heterocycles. The summed E-state index contributed by atoms with van der Waals surface area (Å²) in [6.45, 7) is 4.18. The van der Waals surface area contributed by atoms with Crippen molar-refractivity contribution >= 4 is 51.0 Å². The molecule has 0 bridgehead atoms. The van der Waals surface area contributed by atoms with E-state index < -0.39 is 18.5 Å². The zero-order valence-electron chi connectivity index (χ0n) is 9.82. The van der Waals surface area contributed by atoms with E-state index in [4.69, 9.17) is 45.0 Å². The molecule has 0 radical (unpaired) electrons. The first kappa shape index (κ1) is 30.2. The SMILES string of the molecule is C[CH2][Al+2].C[CH2][Al+2].O=C(O)O.O=C([O-])[O-].O=C([O-])[O-]. The molecule has 0 rings (SSSR count). The van der Waals surface area contributed by atoms with Gasteiger partial charge in [-0.3, -0.25) is 0 Å². The van der Waals surface area contributed by atoms with Crippen molar-refractivity contribution in [2.24, 2.45) is 0 Å². The Morgan fingerprint density at radius 3 is 0.833 bits per heavy atom. The van der Waals surface area contributed by atoms with Crippen LogP contribution >= 0.6 is 0 Å². The minimum Gasteiger partial charge on any atom is -0.652 e. The van der Waals surface area contributed by atoms with Crippen LogP contribution in [0.2, 0.25) is 10.6 Å². The van der Waals surface area contributed by atoms with Crippen molar-refractivity contribution in [2.45, 2.75) is 24.4 Å². The summed E-state index contributed by atoms with van der Waals surface area (Å²) in [6.07, 6.45) is -6.50. The maximum atomic E-state index is 8.56. The predicted octanol–water partition coefficient (Wildman–Crippen LogP) is -3.49. The van der Waals surface area contributed by atoms with Crippen molar-refractivity contribution in [1.82, 2.24) is 0 Å². The Hall–Kier alpha value is -1.13. The summed E-state index contributed by atoms with van der Waals surface area (Å²) < 4.78 is 0. The second-order valence-corrected chi connectivity index (χ2v) is 3.23. The molecular weight excluding hydrogens is 282 g/mol. The third-order valence-corrected chi connectivity index (χ3v) is 0. The third kappa shape index (κ3) is 2260. The van der Waals surface area contributed by atoms with Gasteiger partial charge in [0, 0.05) is 0 Å². The van der Waals surface area contributed by atoms with Crippen LogP contribution in [0.4, 0.5) is 14.4 Å². The van der Waals surface area contributed by atoms with Crippen LogP contribution in [-0.2, 0) is 0 Å². The maximum absolute atomic E-state index is 8.56. The molecule has 0 aliphatic carbocycles. The monoisotopic (exact) mass is 294 g/mol. The second-order valence-electron chi connectivity index (χ2n) is 1.60. The molecule has 0 fully saturated rings. The molecule has 0 atom stereocenters. The second kappa shape index (κ2) is 36.0. The van der Waals surface area contributed by atoms with Crippen molar-refractivity contribution < 1.29 is 45.0 Å². The Morgan fingerprint density at radius 1 is 0.833 bits per heavy atom. The number of carboxylic acid groups (broad SMARTS) is 6. The molecule has 9 nitrogen and oxygen atoms in total. The first-order chi connectivity index (χ1) is 8.02. The quantitative estimate of drug-likeness (QED) is 0.428. The summed E-state index contributed by atoms with van der Waals surface area (Å²) in [5.74, 6) is 0. The number of hydrogen-bond donors (Lipinski definition) is 2. The molecule has 0 heterocycles. The Morgan fingerprint density at radius 2 is 0.833 bits per heavy atom. The van der Waals surface area contributed by atoms with Crippen molar-refractivity contribution in [2.75, 3.05) is 0 Å². The fraction of sp³-hybridized carbons (Fsp3) is 0.571. The summed E-state index contributed by atoms with van der Waals surface area (Å²) in [4.78, 5) is 25.2. The van der Waals surface area contributed by atoms with Crippen molar-refractivity contribution in [3.8, 4) is 0 Å². The molecule has 0 saturated carbocycles. The van der Waals surface area contributed by atoms with Gasteiger partial charge in [0.05, 0.1) is 0 Å². The Labute approximate surface area is 121 Å². The number of rotatable bonds is 0. The Balaban J connectivity index is -0.0000000394. The van der Waals surface area contributed by atoms with Crippen molar-refractivity contribution in [3.63, 3.8) is 0 Å². The smallest absolute Gasteiger partial charge is 0.503 e. The van der Waals surface area contributed by atoms with Crippen molar-refractivity contribution in [3.05, 3.63) is 0 Å². The number of hydrogen-bond acceptors (Lipinski definition) is 7. The van der Waals surface area contributed by atoms with E-state index in [1.807, 2.05) is 0 Å². The maximum Gasteiger partial charge on any atom is 0.503 e. The van der Waals surface area contributed by atoms with Crippen LogP contribution < -0.4 is 20.4 Å². The van der Waals surface area contributed by atoms with Gasteiger partial charge in [-0.1, -0.05) is 0 Å². The molecule has 0 aromatic carbocycles. The molecular formula is C7H12Al2O9. The Kier molecular flexibility index (Phi) is 60.4.